The zero-order valence-corrected chi connectivity index (χ0v) is 11.8. The van der Waals surface area contributed by atoms with Gasteiger partial charge in [0.1, 0.15) is 0 Å². The average molecular weight is 353 g/mol. The highest BCUT2D eigenvalue weighted by molar-refractivity contribution is 6.33. The number of aliphatic imine (C=N–C) groups is 1. The molecule has 1 heterocycles. The molecular weight excluding hydrogens is 346 g/mol. The highest BCUT2D eigenvalue weighted by Gasteiger charge is 2.36. The van der Waals surface area contributed by atoms with Crippen molar-refractivity contribution < 1.29 is 26.3 Å². The summed E-state index contributed by atoms with van der Waals surface area (Å²) in [7, 11) is 0. The molecule has 2 rings (SSSR count). The van der Waals surface area contributed by atoms with E-state index >= 15 is 0 Å². The van der Waals surface area contributed by atoms with E-state index < -0.39 is 23.5 Å². The minimum absolute atomic E-state index is 0.0500. The van der Waals surface area contributed by atoms with Crippen LogP contribution in [0.2, 0.25) is 5.02 Å². The predicted molar refractivity (Wildman–Crippen MR) is 72.9 cm³/mol. The Labute approximate surface area is 131 Å². The first-order valence-corrected chi connectivity index (χ1v) is 6.38. The summed E-state index contributed by atoms with van der Waals surface area (Å²) in [5.41, 5.74) is -3.05. The van der Waals surface area contributed by atoms with Crippen LogP contribution in [0.15, 0.2) is 41.7 Å². The fraction of sp³-hybridized carbons (Fsp3) is 0.143. The Hall–Kier alpha value is -2.09. The molecule has 0 aliphatic heterocycles. The molecule has 2 nitrogen and oxygen atoms in total. The Morgan fingerprint density at radius 1 is 0.957 bits per heavy atom. The van der Waals surface area contributed by atoms with Crippen LogP contribution in [0.5, 0.6) is 0 Å². The van der Waals surface area contributed by atoms with E-state index in [4.69, 9.17) is 11.6 Å². The van der Waals surface area contributed by atoms with Crippen molar-refractivity contribution in [3.63, 3.8) is 0 Å². The maximum Gasteiger partial charge on any atom is 0.416 e. The smallest absolute Gasteiger partial charge is 0.262 e. The summed E-state index contributed by atoms with van der Waals surface area (Å²) < 4.78 is 76.3. The lowest BCUT2D eigenvalue weighted by molar-refractivity contribution is -0.143. The lowest BCUT2D eigenvalue weighted by atomic mass is 10.1. The second-order valence-electron chi connectivity index (χ2n) is 4.42. The molecule has 0 fully saturated rings. The molecule has 0 bridgehead atoms. The number of aromatic nitrogens is 1. The van der Waals surface area contributed by atoms with Gasteiger partial charge >= 0.3 is 12.4 Å². The first-order valence-electron chi connectivity index (χ1n) is 6.00. The molecule has 9 heteroatoms. The summed E-state index contributed by atoms with van der Waals surface area (Å²) in [5, 5.41) is 0.166. The van der Waals surface area contributed by atoms with Gasteiger partial charge in [-0.05, 0) is 29.8 Å². The van der Waals surface area contributed by atoms with Crippen molar-refractivity contribution in [3.8, 4) is 0 Å². The van der Waals surface area contributed by atoms with Crippen molar-refractivity contribution in [2.75, 3.05) is 0 Å². The van der Waals surface area contributed by atoms with E-state index in [1.807, 2.05) is 0 Å². The molecule has 0 spiro atoms. The van der Waals surface area contributed by atoms with Crippen LogP contribution in [0.4, 0.5) is 32.0 Å². The summed E-state index contributed by atoms with van der Waals surface area (Å²) in [5.74, 6) is 0. The second-order valence-corrected chi connectivity index (χ2v) is 4.83. The van der Waals surface area contributed by atoms with Crippen LogP contribution in [0.1, 0.15) is 16.7 Å². The SMILES string of the molecule is FC(F)(F)c1cc(/C=N/c2cnccc2Cl)cc(C(F)(F)F)c1. The van der Waals surface area contributed by atoms with Crippen molar-refractivity contribution >= 4 is 23.5 Å². The van der Waals surface area contributed by atoms with Crippen LogP contribution in [-0.4, -0.2) is 11.2 Å². The van der Waals surface area contributed by atoms with E-state index in [0.29, 0.717) is 12.1 Å². The Morgan fingerprint density at radius 2 is 1.52 bits per heavy atom. The van der Waals surface area contributed by atoms with Crippen LogP contribution in [0.3, 0.4) is 0 Å². The third-order valence-corrected chi connectivity index (χ3v) is 3.03. The minimum Gasteiger partial charge on any atom is -0.262 e. The van der Waals surface area contributed by atoms with Gasteiger partial charge in [0.25, 0.3) is 0 Å². The van der Waals surface area contributed by atoms with Crippen LogP contribution in [-0.2, 0) is 12.4 Å². The number of nitrogens with zero attached hydrogens (tertiary/aromatic N) is 2. The van der Waals surface area contributed by atoms with E-state index in [1.54, 1.807) is 0 Å². The molecule has 2 aromatic rings. The molecule has 1 aromatic carbocycles. The van der Waals surface area contributed by atoms with Crippen LogP contribution < -0.4 is 0 Å². The molecule has 0 atom stereocenters. The maximum atomic E-state index is 12.7. The standard InChI is InChI=1S/C14H7ClF6N2/c15-11-1-2-22-7-12(11)23-6-8-3-9(13(16,17)18)5-10(4-8)14(19,20)21/h1-7H/b23-6+. The number of halogens is 7. The van der Waals surface area contributed by atoms with E-state index in [-0.39, 0.29) is 22.3 Å². The monoisotopic (exact) mass is 352 g/mol. The summed E-state index contributed by atoms with van der Waals surface area (Å²) in [4.78, 5) is 7.48. The number of alkyl halides is 6. The molecule has 1 aromatic heterocycles. The normalized spacial score (nSPS) is 12.8. The lowest BCUT2D eigenvalue weighted by Crippen LogP contribution is -2.11. The van der Waals surface area contributed by atoms with E-state index in [2.05, 4.69) is 9.98 Å². The van der Waals surface area contributed by atoms with Crippen molar-refractivity contribution in [3.05, 3.63) is 58.4 Å². The van der Waals surface area contributed by atoms with Crippen LogP contribution in [0.25, 0.3) is 0 Å². The molecule has 0 unspecified atom stereocenters. The fourth-order valence-corrected chi connectivity index (χ4v) is 1.82. The molecule has 0 amide bonds. The van der Waals surface area contributed by atoms with Gasteiger partial charge in [0.05, 0.1) is 28.0 Å². The number of hydrogen-bond donors (Lipinski definition) is 0. The number of hydrogen-bond acceptors (Lipinski definition) is 2. The quantitative estimate of drug-likeness (QED) is 0.516. The molecule has 0 saturated carbocycles. The third-order valence-electron chi connectivity index (χ3n) is 2.71. The molecule has 0 aliphatic carbocycles. The Morgan fingerprint density at radius 3 is 2.00 bits per heavy atom. The van der Waals surface area contributed by atoms with Gasteiger partial charge in [0.15, 0.2) is 0 Å². The summed E-state index contributed by atoms with van der Waals surface area (Å²) in [6, 6.07) is 2.59. The van der Waals surface area contributed by atoms with Gasteiger partial charge in [-0.25, -0.2) is 0 Å². The molecule has 0 saturated heterocycles. The largest absolute Gasteiger partial charge is 0.416 e. The number of pyridine rings is 1. The first-order chi connectivity index (χ1) is 10.6. The summed E-state index contributed by atoms with van der Waals surface area (Å²) in [6.45, 7) is 0. The predicted octanol–water partition coefficient (Wildman–Crippen LogP) is 5.52. The number of benzene rings is 1. The lowest BCUT2D eigenvalue weighted by Gasteiger charge is -2.12. The Balaban J connectivity index is 2.48. The van der Waals surface area contributed by atoms with E-state index in [0.717, 1.165) is 6.21 Å². The van der Waals surface area contributed by atoms with Crippen molar-refractivity contribution in [2.45, 2.75) is 12.4 Å². The highest BCUT2D eigenvalue weighted by Crippen LogP contribution is 2.36. The van der Waals surface area contributed by atoms with Crippen molar-refractivity contribution in [1.29, 1.82) is 0 Å². The summed E-state index contributed by atoms with van der Waals surface area (Å²) in [6.07, 6.45) is -6.34. The molecule has 122 valence electrons. The van der Waals surface area contributed by atoms with Crippen LogP contribution >= 0.6 is 11.6 Å². The molecule has 23 heavy (non-hydrogen) atoms. The van der Waals surface area contributed by atoms with Crippen molar-refractivity contribution in [1.82, 2.24) is 4.98 Å². The van der Waals surface area contributed by atoms with Crippen molar-refractivity contribution in [2.24, 2.45) is 4.99 Å². The Kier molecular flexibility index (Phi) is 4.65. The zero-order chi connectivity index (χ0) is 17.3. The zero-order valence-electron chi connectivity index (χ0n) is 11.1. The summed E-state index contributed by atoms with van der Waals surface area (Å²) >= 11 is 5.78. The van der Waals surface area contributed by atoms with E-state index in [1.165, 1.54) is 18.5 Å². The van der Waals surface area contributed by atoms with Crippen LogP contribution in [0, 0.1) is 0 Å². The molecule has 0 N–H and O–H groups in total. The molecule has 0 radical (unpaired) electrons. The van der Waals surface area contributed by atoms with Gasteiger partial charge in [-0.2, -0.15) is 26.3 Å². The first kappa shape index (κ1) is 17.3. The second kappa shape index (κ2) is 6.19. The van der Waals surface area contributed by atoms with Gasteiger partial charge < -0.3 is 0 Å². The minimum atomic E-state index is -4.91. The maximum absolute atomic E-state index is 12.7. The van der Waals surface area contributed by atoms with Gasteiger partial charge in [0.2, 0.25) is 0 Å². The highest BCUT2D eigenvalue weighted by atomic mass is 35.5. The molecule has 0 aliphatic rings. The van der Waals surface area contributed by atoms with E-state index in [9.17, 15) is 26.3 Å². The van der Waals surface area contributed by atoms with Gasteiger partial charge in [-0.15, -0.1) is 0 Å². The molecular formula is C14H7ClF6N2. The average Bonchev–Trinajstić information content (AvgIpc) is 2.44. The van der Waals surface area contributed by atoms with Gasteiger partial charge in [-0.3, -0.25) is 9.98 Å². The van der Waals surface area contributed by atoms with Gasteiger partial charge in [-0.1, -0.05) is 11.6 Å². The van der Waals surface area contributed by atoms with Gasteiger partial charge in [0, 0.05) is 12.4 Å². The number of rotatable bonds is 2. The third kappa shape index (κ3) is 4.44. The fourth-order valence-electron chi connectivity index (χ4n) is 1.66. The topological polar surface area (TPSA) is 25.2 Å². The Bertz CT molecular complexity index is 705.